The lowest BCUT2D eigenvalue weighted by Gasteiger charge is -2.29. The van der Waals surface area contributed by atoms with Gasteiger partial charge in [-0.1, -0.05) is 75.0 Å². The van der Waals surface area contributed by atoms with Crippen LogP contribution in [0.3, 0.4) is 0 Å². The summed E-state index contributed by atoms with van der Waals surface area (Å²) in [6.07, 6.45) is 17.6. The van der Waals surface area contributed by atoms with Gasteiger partial charge >= 0.3 is 0 Å². The molecule has 6 rings (SSSR count). The van der Waals surface area contributed by atoms with Crippen LogP contribution in [0.25, 0.3) is 0 Å². The van der Waals surface area contributed by atoms with E-state index in [0.29, 0.717) is 40.7 Å². The summed E-state index contributed by atoms with van der Waals surface area (Å²) in [4.78, 5) is 0. The molecule has 6 bridgehead atoms. The Morgan fingerprint density at radius 2 is 1.41 bits per heavy atom. The molecule has 6 aliphatic rings. The van der Waals surface area contributed by atoms with Crippen molar-refractivity contribution in [1.29, 1.82) is 0 Å². The van der Waals surface area contributed by atoms with E-state index in [-0.39, 0.29) is 14.9 Å². The maximum Gasteiger partial charge on any atom is 0.0816 e. The van der Waals surface area contributed by atoms with Crippen molar-refractivity contribution in [3.63, 3.8) is 0 Å². The van der Waals surface area contributed by atoms with Gasteiger partial charge in [0.25, 0.3) is 0 Å². The molecular weight excluding hydrogens is 356 g/mol. The molecule has 5 fully saturated rings. The normalized spacial score (nSPS) is 42.3. The van der Waals surface area contributed by atoms with Crippen LogP contribution >= 0.6 is 0 Å². The first-order valence-electron chi connectivity index (χ1n) is 11.5. The Balaban J connectivity index is 0.000000150. The highest BCUT2D eigenvalue weighted by Gasteiger charge is 2.46. The average molecular weight is 407 g/mol. The van der Waals surface area contributed by atoms with Crippen LogP contribution in [0.1, 0.15) is 108 Å². The van der Waals surface area contributed by atoms with E-state index in [1.54, 1.807) is 6.42 Å². The molecule has 6 unspecified atom stereocenters. The lowest BCUT2D eigenvalue weighted by Crippen LogP contribution is -2.24. The highest BCUT2D eigenvalue weighted by molar-refractivity contribution is 5.14. The summed E-state index contributed by atoms with van der Waals surface area (Å²) < 4.78 is 11.3. The van der Waals surface area contributed by atoms with Gasteiger partial charge in [-0.25, -0.2) is 0 Å². The van der Waals surface area contributed by atoms with Gasteiger partial charge in [-0.2, -0.15) is 0 Å². The van der Waals surface area contributed by atoms with Crippen molar-refractivity contribution in [2.24, 2.45) is 28.1 Å². The molecule has 0 aromatic heterocycles. The van der Waals surface area contributed by atoms with Crippen LogP contribution in [0, 0.1) is 28.1 Å². The fourth-order valence-corrected chi connectivity index (χ4v) is 6.73. The SMILES string of the molecule is C.C.CC1(C)CC2C=CC1O2.CC1(C)CC2CCC1C2.CC1(C)CC2CCC1O2. The second-order valence-electron chi connectivity index (χ2n) is 12.3. The van der Waals surface area contributed by atoms with Gasteiger partial charge in [-0.3, -0.25) is 0 Å². The largest absolute Gasteiger partial charge is 0.374 e. The molecule has 4 heterocycles. The number of rotatable bonds is 0. The maximum atomic E-state index is 5.69. The molecule has 0 radical (unpaired) electrons. The van der Waals surface area contributed by atoms with Crippen LogP contribution in [0.2, 0.25) is 0 Å². The molecule has 0 aromatic rings. The summed E-state index contributed by atoms with van der Waals surface area (Å²) >= 11 is 0. The van der Waals surface area contributed by atoms with Crippen LogP contribution in [0.15, 0.2) is 12.2 Å². The van der Waals surface area contributed by atoms with Crippen molar-refractivity contribution >= 4 is 0 Å². The van der Waals surface area contributed by atoms with Gasteiger partial charge in [0.05, 0.1) is 24.4 Å². The number of fused-ring (bicyclic) bond motifs is 6. The topological polar surface area (TPSA) is 18.5 Å². The first-order chi connectivity index (χ1) is 12.6. The first-order valence-corrected chi connectivity index (χ1v) is 11.5. The van der Waals surface area contributed by atoms with E-state index in [0.717, 1.165) is 11.8 Å². The van der Waals surface area contributed by atoms with E-state index in [4.69, 9.17) is 9.47 Å². The molecule has 0 aromatic carbocycles. The molecule has 2 saturated carbocycles. The molecule has 0 N–H and O–H groups in total. The molecule has 29 heavy (non-hydrogen) atoms. The quantitative estimate of drug-likeness (QED) is 0.382. The van der Waals surface area contributed by atoms with E-state index in [1.807, 2.05) is 0 Å². The first kappa shape index (κ1) is 24.9. The molecule has 170 valence electrons. The predicted molar refractivity (Wildman–Crippen MR) is 125 cm³/mol. The Labute approximate surface area is 182 Å². The lowest BCUT2D eigenvalue weighted by molar-refractivity contribution is 0.0737. The van der Waals surface area contributed by atoms with E-state index in [9.17, 15) is 0 Å². The summed E-state index contributed by atoms with van der Waals surface area (Å²) in [6, 6.07) is 0. The third-order valence-electron chi connectivity index (χ3n) is 8.51. The summed E-state index contributed by atoms with van der Waals surface area (Å²) in [6.45, 7) is 14.0. The second kappa shape index (κ2) is 8.65. The number of hydrogen-bond donors (Lipinski definition) is 0. The van der Waals surface area contributed by atoms with Crippen LogP contribution in [0.4, 0.5) is 0 Å². The smallest absolute Gasteiger partial charge is 0.0816 e. The van der Waals surface area contributed by atoms with Crippen molar-refractivity contribution in [2.75, 3.05) is 0 Å². The minimum absolute atomic E-state index is 0. The van der Waals surface area contributed by atoms with E-state index in [2.05, 4.69) is 53.7 Å². The zero-order valence-electron chi connectivity index (χ0n) is 18.6. The van der Waals surface area contributed by atoms with Crippen LogP contribution in [0.5, 0.6) is 0 Å². The molecule has 2 heteroatoms. The number of ether oxygens (including phenoxy) is 2. The monoisotopic (exact) mass is 406 g/mol. The van der Waals surface area contributed by atoms with E-state index in [1.165, 1.54) is 44.9 Å². The summed E-state index contributed by atoms with van der Waals surface area (Å²) in [5, 5.41) is 0. The maximum absolute atomic E-state index is 5.69. The van der Waals surface area contributed by atoms with Crippen molar-refractivity contribution < 1.29 is 9.47 Å². The molecule has 4 aliphatic heterocycles. The van der Waals surface area contributed by atoms with E-state index >= 15 is 0 Å². The Kier molecular flexibility index (Phi) is 7.44. The Bertz CT molecular complexity index is 541. The Morgan fingerprint density at radius 3 is 1.62 bits per heavy atom. The summed E-state index contributed by atoms with van der Waals surface area (Å²) in [5.74, 6) is 2.20. The molecule has 3 saturated heterocycles. The van der Waals surface area contributed by atoms with Crippen LogP contribution in [-0.2, 0) is 9.47 Å². The van der Waals surface area contributed by atoms with Gasteiger partial charge in [-0.05, 0) is 73.0 Å². The molecule has 0 amide bonds. The summed E-state index contributed by atoms with van der Waals surface area (Å²) in [5.41, 5.74) is 1.60. The van der Waals surface area contributed by atoms with Crippen molar-refractivity contribution in [3.05, 3.63) is 12.2 Å². The second-order valence-corrected chi connectivity index (χ2v) is 12.3. The fourth-order valence-electron chi connectivity index (χ4n) is 6.73. The predicted octanol–water partition coefficient (Wildman–Crippen LogP) is 7.81. The fraction of sp³-hybridized carbons (Fsp3) is 0.926. The van der Waals surface area contributed by atoms with Gasteiger partial charge in [0, 0.05) is 0 Å². The minimum Gasteiger partial charge on any atom is -0.374 e. The van der Waals surface area contributed by atoms with E-state index < -0.39 is 0 Å². The third kappa shape index (κ3) is 5.12. The highest BCUT2D eigenvalue weighted by Crippen LogP contribution is 2.55. The molecular formula is C27H50O2. The van der Waals surface area contributed by atoms with Crippen molar-refractivity contribution in [3.8, 4) is 0 Å². The average Bonchev–Trinajstić information content (AvgIpc) is 3.33. The Morgan fingerprint density at radius 1 is 0.690 bits per heavy atom. The van der Waals surface area contributed by atoms with Gasteiger partial charge in [-0.15, -0.1) is 0 Å². The van der Waals surface area contributed by atoms with Gasteiger partial charge in [0.15, 0.2) is 0 Å². The zero-order valence-corrected chi connectivity index (χ0v) is 18.6. The van der Waals surface area contributed by atoms with Crippen molar-refractivity contribution in [1.82, 2.24) is 0 Å². The number of hydrogen-bond acceptors (Lipinski definition) is 2. The lowest BCUT2D eigenvalue weighted by atomic mass is 9.77. The summed E-state index contributed by atoms with van der Waals surface area (Å²) in [7, 11) is 0. The van der Waals surface area contributed by atoms with Gasteiger partial charge in [0.1, 0.15) is 0 Å². The molecule has 6 atom stereocenters. The highest BCUT2D eigenvalue weighted by atomic mass is 16.5. The van der Waals surface area contributed by atoms with Crippen molar-refractivity contribution in [2.45, 2.75) is 132 Å². The van der Waals surface area contributed by atoms with Crippen LogP contribution < -0.4 is 0 Å². The Hall–Kier alpha value is -0.340. The van der Waals surface area contributed by atoms with Crippen LogP contribution in [-0.4, -0.2) is 24.4 Å². The molecule has 0 spiro atoms. The zero-order chi connectivity index (χ0) is 19.4. The minimum atomic E-state index is 0. The molecule has 2 nitrogen and oxygen atoms in total. The van der Waals surface area contributed by atoms with Gasteiger partial charge in [0.2, 0.25) is 0 Å². The van der Waals surface area contributed by atoms with Gasteiger partial charge < -0.3 is 9.47 Å². The third-order valence-corrected chi connectivity index (χ3v) is 8.51. The molecule has 2 aliphatic carbocycles. The standard InChI is InChI=1S/C9H16.C8H14O.C8H12O.2CH4/c1-9(2)6-7-3-4-8(9)5-7;2*1-8(2)5-6-3-4-7(8)9-6;;/h7-8H,3-6H2,1-2H3;6-7H,3-5H2,1-2H3;3-4,6-7H,5H2,1-2H3;2*1H4.